The molecule has 0 bridgehead atoms. The topological polar surface area (TPSA) is 59.4 Å². The fraction of sp³-hybridized carbons (Fsp3) is 0.652. The van der Waals surface area contributed by atoms with Gasteiger partial charge in [0.25, 0.3) is 5.91 Å². The van der Waals surface area contributed by atoms with E-state index in [1.165, 1.54) is 0 Å². The van der Waals surface area contributed by atoms with E-state index in [2.05, 4.69) is 33.1 Å². The summed E-state index contributed by atoms with van der Waals surface area (Å²) in [6.07, 6.45) is 4.53. The number of hydrogen-bond donors (Lipinski definition) is 1. The zero-order chi connectivity index (χ0) is 22.2. The van der Waals surface area contributed by atoms with Crippen molar-refractivity contribution in [2.75, 3.05) is 19.7 Å². The van der Waals surface area contributed by atoms with E-state index in [1.54, 1.807) is 13.8 Å². The van der Waals surface area contributed by atoms with Gasteiger partial charge in [0.05, 0.1) is 5.52 Å². The quantitative estimate of drug-likeness (QED) is 0.646. The van der Waals surface area contributed by atoms with Gasteiger partial charge in [-0.25, -0.2) is 9.07 Å². The van der Waals surface area contributed by atoms with Crippen LogP contribution in [0.15, 0.2) is 22.7 Å². The molecule has 0 spiro atoms. The first-order valence-electron chi connectivity index (χ1n) is 11.2. The van der Waals surface area contributed by atoms with Crippen LogP contribution in [0.4, 0.5) is 4.39 Å². The van der Waals surface area contributed by atoms with Crippen molar-refractivity contribution in [3.63, 3.8) is 0 Å². The smallest absolute Gasteiger partial charge is 0.272 e. The molecule has 0 aliphatic carbocycles. The largest absolute Gasteiger partial charge is 0.356 e. The Hall–Kier alpha value is -1.51. The predicted octanol–water partition coefficient (Wildman–Crippen LogP) is 4.83. The van der Waals surface area contributed by atoms with Crippen molar-refractivity contribution in [2.45, 2.75) is 76.9 Å². The van der Waals surface area contributed by atoms with E-state index in [0.29, 0.717) is 12.2 Å². The van der Waals surface area contributed by atoms with Gasteiger partial charge in [-0.05, 0) is 71.1 Å². The fourth-order valence-corrected chi connectivity index (χ4v) is 5.10. The number of fused-ring (bicyclic) bond motifs is 1. The first-order valence-corrected chi connectivity index (χ1v) is 12.0. The number of nitrogens with zero attached hydrogens (tertiary/aromatic N) is 3. The third-order valence-electron chi connectivity index (χ3n) is 6.24. The van der Waals surface area contributed by atoms with E-state index in [-0.39, 0.29) is 24.2 Å². The maximum atomic E-state index is 14.1. The molecule has 1 aromatic heterocycles. The van der Waals surface area contributed by atoms with Crippen molar-refractivity contribution >= 4 is 32.7 Å². The molecule has 8 heteroatoms. The molecule has 4 rings (SSSR count). The summed E-state index contributed by atoms with van der Waals surface area (Å²) < 4.78 is 22.8. The van der Waals surface area contributed by atoms with Gasteiger partial charge in [-0.3, -0.25) is 9.69 Å². The van der Waals surface area contributed by atoms with Gasteiger partial charge >= 0.3 is 0 Å². The molecule has 1 amide bonds. The van der Waals surface area contributed by atoms with E-state index in [0.717, 1.165) is 60.6 Å². The molecule has 2 aliphatic rings. The van der Waals surface area contributed by atoms with Crippen LogP contribution in [0.5, 0.6) is 0 Å². The number of amides is 1. The molecule has 0 saturated carbocycles. The molecular weight excluding hydrogens is 463 g/mol. The van der Waals surface area contributed by atoms with Crippen molar-refractivity contribution in [1.82, 2.24) is 20.0 Å². The summed E-state index contributed by atoms with van der Waals surface area (Å²) in [6.45, 7) is 7.24. The average molecular weight is 495 g/mol. The summed E-state index contributed by atoms with van der Waals surface area (Å²) in [6, 6.07) is 6.17. The first kappa shape index (κ1) is 22.7. The number of benzene rings is 1. The van der Waals surface area contributed by atoms with E-state index >= 15 is 0 Å². The Morgan fingerprint density at radius 3 is 2.84 bits per heavy atom. The van der Waals surface area contributed by atoms with E-state index in [4.69, 9.17) is 9.84 Å². The van der Waals surface area contributed by atoms with E-state index in [9.17, 15) is 9.18 Å². The monoisotopic (exact) mass is 494 g/mol. The number of rotatable bonds is 5. The highest BCUT2D eigenvalue weighted by molar-refractivity contribution is 9.10. The molecule has 3 atom stereocenters. The minimum atomic E-state index is -1.22. The van der Waals surface area contributed by atoms with Gasteiger partial charge in [0, 0.05) is 41.6 Å². The predicted molar refractivity (Wildman–Crippen MR) is 123 cm³/mol. The van der Waals surface area contributed by atoms with Crippen LogP contribution in [0.25, 0.3) is 10.9 Å². The third-order valence-corrected chi connectivity index (χ3v) is 6.73. The molecule has 170 valence electrons. The molecule has 3 unspecified atom stereocenters. The highest BCUT2D eigenvalue weighted by Gasteiger charge is 2.31. The Labute approximate surface area is 191 Å². The summed E-state index contributed by atoms with van der Waals surface area (Å²) in [5.41, 5.74) is 0.129. The van der Waals surface area contributed by atoms with Gasteiger partial charge in [-0.15, -0.1) is 0 Å². The summed E-state index contributed by atoms with van der Waals surface area (Å²) in [5, 5.41) is 8.71. The lowest BCUT2D eigenvalue weighted by molar-refractivity contribution is -0.0368. The normalized spacial score (nSPS) is 25.6. The number of alkyl halides is 1. The second-order valence-electron chi connectivity index (χ2n) is 9.51. The Bertz CT molecular complexity index is 936. The van der Waals surface area contributed by atoms with Crippen LogP contribution < -0.4 is 5.32 Å². The Kier molecular flexibility index (Phi) is 6.70. The number of likely N-dealkylation sites (tertiary alicyclic amines) is 1. The standard InChI is InChI=1S/C23H32BrFN4O2/c1-15-12-17(9-10-28(15)14-23(2,3)25)26-22(30)21-18-13-16(24)7-8-19(18)29(27-21)20-6-4-5-11-31-20/h7-8,13,15,17,20H,4-6,9-12,14H2,1-3H3,(H,26,30). The van der Waals surface area contributed by atoms with Gasteiger partial charge < -0.3 is 10.1 Å². The summed E-state index contributed by atoms with van der Waals surface area (Å²) >= 11 is 3.52. The van der Waals surface area contributed by atoms with Gasteiger partial charge in [0.2, 0.25) is 0 Å². The molecule has 6 nitrogen and oxygen atoms in total. The Morgan fingerprint density at radius 2 is 2.16 bits per heavy atom. The van der Waals surface area contributed by atoms with Gasteiger partial charge in [-0.2, -0.15) is 5.10 Å². The van der Waals surface area contributed by atoms with Gasteiger partial charge in [-0.1, -0.05) is 15.9 Å². The minimum Gasteiger partial charge on any atom is -0.356 e. The average Bonchev–Trinajstić information content (AvgIpc) is 3.08. The number of carbonyl (C=O) groups excluding carboxylic acids is 1. The molecule has 2 aromatic rings. The van der Waals surface area contributed by atoms with Gasteiger partial charge in [0.1, 0.15) is 5.67 Å². The van der Waals surface area contributed by atoms with E-state index < -0.39 is 5.67 Å². The number of aromatic nitrogens is 2. The number of piperidine rings is 1. The zero-order valence-corrected chi connectivity index (χ0v) is 20.1. The molecule has 1 N–H and O–H groups in total. The molecule has 2 saturated heterocycles. The second kappa shape index (κ2) is 9.16. The van der Waals surface area contributed by atoms with Gasteiger partial charge in [0.15, 0.2) is 11.9 Å². The van der Waals surface area contributed by atoms with Crippen molar-refractivity contribution in [3.8, 4) is 0 Å². The third kappa shape index (κ3) is 5.29. The van der Waals surface area contributed by atoms with Crippen molar-refractivity contribution in [3.05, 3.63) is 28.4 Å². The van der Waals surface area contributed by atoms with Crippen LogP contribution in [0, 0.1) is 0 Å². The number of ether oxygens (including phenoxy) is 1. The summed E-state index contributed by atoms with van der Waals surface area (Å²) in [7, 11) is 0. The molecule has 2 aliphatic heterocycles. The highest BCUT2D eigenvalue weighted by atomic mass is 79.9. The highest BCUT2D eigenvalue weighted by Crippen LogP contribution is 2.30. The maximum Gasteiger partial charge on any atom is 0.272 e. The van der Waals surface area contributed by atoms with Crippen LogP contribution in [-0.4, -0.2) is 58.0 Å². The van der Waals surface area contributed by atoms with Crippen molar-refractivity contribution < 1.29 is 13.9 Å². The van der Waals surface area contributed by atoms with Crippen molar-refractivity contribution in [2.24, 2.45) is 0 Å². The SMILES string of the molecule is CC1CC(NC(=O)c2nn(C3CCCCO3)c3ccc(Br)cc23)CCN1CC(C)(C)F. The van der Waals surface area contributed by atoms with Crippen LogP contribution in [0.1, 0.15) is 69.6 Å². The molecule has 1 aromatic carbocycles. The lowest BCUT2D eigenvalue weighted by Crippen LogP contribution is -2.51. The lowest BCUT2D eigenvalue weighted by Gasteiger charge is -2.39. The number of carbonyl (C=O) groups is 1. The Balaban J connectivity index is 1.51. The summed E-state index contributed by atoms with van der Waals surface area (Å²) in [5.74, 6) is -0.158. The van der Waals surface area contributed by atoms with Crippen LogP contribution >= 0.6 is 15.9 Å². The lowest BCUT2D eigenvalue weighted by atomic mass is 9.96. The number of hydrogen-bond acceptors (Lipinski definition) is 4. The summed E-state index contributed by atoms with van der Waals surface area (Å²) in [4.78, 5) is 15.4. The van der Waals surface area contributed by atoms with Crippen LogP contribution in [0.3, 0.4) is 0 Å². The van der Waals surface area contributed by atoms with E-state index in [1.807, 2.05) is 22.9 Å². The minimum absolute atomic E-state index is 0.0553. The Morgan fingerprint density at radius 1 is 1.35 bits per heavy atom. The fourth-order valence-electron chi connectivity index (χ4n) is 4.74. The van der Waals surface area contributed by atoms with Crippen molar-refractivity contribution in [1.29, 1.82) is 0 Å². The number of halogens is 2. The van der Waals surface area contributed by atoms with Crippen LogP contribution in [-0.2, 0) is 4.74 Å². The molecule has 3 heterocycles. The molecule has 31 heavy (non-hydrogen) atoms. The zero-order valence-electron chi connectivity index (χ0n) is 18.5. The molecule has 2 fully saturated rings. The second-order valence-corrected chi connectivity index (χ2v) is 10.4. The molecule has 0 radical (unpaired) electrons. The maximum absolute atomic E-state index is 14.1. The number of nitrogens with one attached hydrogen (secondary N) is 1. The molecular formula is C23H32BrFN4O2. The van der Waals surface area contributed by atoms with Crippen LogP contribution in [0.2, 0.25) is 0 Å². The first-order chi connectivity index (χ1) is 14.7.